The second kappa shape index (κ2) is 7.95. The summed E-state index contributed by atoms with van der Waals surface area (Å²) in [6, 6.07) is 3.50. The van der Waals surface area contributed by atoms with Gasteiger partial charge in [-0.1, -0.05) is 13.8 Å². The first-order valence-electron chi connectivity index (χ1n) is 9.12. The number of hydrogen-bond acceptors (Lipinski definition) is 4. The van der Waals surface area contributed by atoms with Crippen LogP contribution in [0.1, 0.15) is 37.0 Å². The molecule has 3 heterocycles. The maximum atomic E-state index is 12.3. The number of likely N-dealkylation sites (tertiary alicyclic amines) is 1. The number of hydrogen-bond donors (Lipinski definition) is 1. The van der Waals surface area contributed by atoms with Crippen LogP contribution < -0.4 is 5.32 Å². The predicted molar refractivity (Wildman–Crippen MR) is 93.9 cm³/mol. The Morgan fingerprint density at radius 2 is 2.24 bits per heavy atom. The zero-order chi connectivity index (χ0) is 17.8. The molecule has 136 valence electrons. The zero-order valence-corrected chi connectivity index (χ0v) is 15.0. The van der Waals surface area contributed by atoms with Crippen LogP contribution in [-0.2, 0) is 9.53 Å². The van der Waals surface area contributed by atoms with E-state index < -0.39 is 0 Å². The fourth-order valence-electron chi connectivity index (χ4n) is 3.61. The SMILES string of the molecule is CC(C)CCC(=O)N1C[C@@H]2[C@H](CNC(=O)c3cccnc3)CO[C@@H]2C1. The molecule has 3 atom stereocenters. The van der Waals surface area contributed by atoms with Gasteiger partial charge in [0.05, 0.1) is 18.3 Å². The standard InChI is InChI=1S/C19H27N3O3/c1-13(2)5-6-18(23)22-10-16-15(12-25-17(16)11-22)9-21-19(24)14-4-3-7-20-8-14/h3-4,7-8,13,15-17H,5-6,9-12H2,1-2H3,(H,21,24)/t15-,16-,17-/m1/s1. The van der Waals surface area contributed by atoms with Gasteiger partial charge in [0.15, 0.2) is 0 Å². The van der Waals surface area contributed by atoms with Gasteiger partial charge in [0.1, 0.15) is 0 Å². The van der Waals surface area contributed by atoms with Crippen LogP contribution in [0.2, 0.25) is 0 Å². The van der Waals surface area contributed by atoms with Crippen LogP contribution >= 0.6 is 0 Å². The minimum absolute atomic E-state index is 0.112. The number of rotatable bonds is 6. The second-order valence-corrected chi connectivity index (χ2v) is 7.48. The van der Waals surface area contributed by atoms with Crippen LogP contribution in [0.3, 0.4) is 0 Å². The third-order valence-corrected chi connectivity index (χ3v) is 5.18. The molecule has 0 aromatic carbocycles. The van der Waals surface area contributed by atoms with Crippen molar-refractivity contribution in [2.45, 2.75) is 32.8 Å². The lowest BCUT2D eigenvalue weighted by Gasteiger charge is -2.20. The van der Waals surface area contributed by atoms with Gasteiger partial charge in [-0.3, -0.25) is 14.6 Å². The van der Waals surface area contributed by atoms with Crippen molar-refractivity contribution < 1.29 is 14.3 Å². The smallest absolute Gasteiger partial charge is 0.252 e. The summed E-state index contributed by atoms with van der Waals surface area (Å²) in [4.78, 5) is 30.4. The van der Waals surface area contributed by atoms with E-state index in [0.29, 0.717) is 43.5 Å². The molecule has 2 amide bonds. The van der Waals surface area contributed by atoms with E-state index in [-0.39, 0.29) is 23.8 Å². The Labute approximate surface area is 148 Å². The van der Waals surface area contributed by atoms with Crippen LogP contribution in [0, 0.1) is 17.8 Å². The average molecular weight is 345 g/mol. The molecule has 0 saturated carbocycles. The third kappa shape index (κ3) is 4.37. The van der Waals surface area contributed by atoms with Gasteiger partial charge in [-0.15, -0.1) is 0 Å². The van der Waals surface area contributed by atoms with Gasteiger partial charge in [0.2, 0.25) is 5.91 Å². The second-order valence-electron chi connectivity index (χ2n) is 7.48. The van der Waals surface area contributed by atoms with Gasteiger partial charge in [-0.05, 0) is 24.5 Å². The molecular formula is C19H27N3O3. The lowest BCUT2D eigenvalue weighted by molar-refractivity contribution is -0.131. The van der Waals surface area contributed by atoms with Crippen molar-refractivity contribution in [3.05, 3.63) is 30.1 Å². The molecule has 2 aliphatic heterocycles. The molecule has 2 aliphatic rings. The zero-order valence-electron chi connectivity index (χ0n) is 15.0. The Hall–Kier alpha value is -1.95. The highest BCUT2D eigenvalue weighted by Gasteiger charge is 2.44. The summed E-state index contributed by atoms with van der Waals surface area (Å²) >= 11 is 0. The van der Waals surface area contributed by atoms with E-state index >= 15 is 0 Å². The topological polar surface area (TPSA) is 71.5 Å². The first-order chi connectivity index (χ1) is 12.0. The molecule has 6 heteroatoms. The van der Waals surface area contributed by atoms with Crippen LogP contribution in [-0.4, -0.2) is 54.0 Å². The Balaban J connectivity index is 1.49. The van der Waals surface area contributed by atoms with Crippen molar-refractivity contribution in [3.8, 4) is 0 Å². The van der Waals surface area contributed by atoms with Crippen LogP contribution in [0.25, 0.3) is 0 Å². The van der Waals surface area contributed by atoms with E-state index in [1.165, 1.54) is 0 Å². The third-order valence-electron chi connectivity index (χ3n) is 5.18. The lowest BCUT2D eigenvalue weighted by Crippen LogP contribution is -2.35. The first-order valence-corrected chi connectivity index (χ1v) is 9.12. The lowest BCUT2D eigenvalue weighted by atomic mass is 9.93. The summed E-state index contributed by atoms with van der Waals surface area (Å²) < 4.78 is 5.88. The predicted octanol–water partition coefficient (Wildman–Crippen LogP) is 1.72. The van der Waals surface area contributed by atoms with Gasteiger partial charge >= 0.3 is 0 Å². The molecule has 1 aromatic rings. The molecule has 0 unspecified atom stereocenters. The summed E-state index contributed by atoms with van der Waals surface area (Å²) in [5, 5.41) is 2.98. The molecular weight excluding hydrogens is 318 g/mol. The number of pyridine rings is 1. The Bertz CT molecular complexity index is 605. The summed E-state index contributed by atoms with van der Waals surface area (Å²) in [6.45, 7) is 6.93. The molecule has 0 bridgehead atoms. The molecule has 0 radical (unpaired) electrons. The van der Waals surface area contributed by atoms with Crippen molar-refractivity contribution in [2.75, 3.05) is 26.2 Å². The van der Waals surface area contributed by atoms with Crippen molar-refractivity contribution in [1.29, 1.82) is 0 Å². The van der Waals surface area contributed by atoms with Crippen molar-refractivity contribution in [1.82, 2.24) is 15.2 Å². The summed E-state index contributed by atoms with van der Waals surface area (Å²) in [5.41, 5.74) is 0.565. The van der Waals surface area contributed by atoms with Gasteiger partial charge < -0.3 is 15.0 Å². The van der Waals surface area contributed by atoms with E-state index in [1.807, 2.05) is 4.90 Å². The molecule has 25 heavy (non-hydrogen) atoms. The van der Waals surface area contributed by atoms with Gasteiger partial charge in [0.25, 0.3) is 5.91 Å². The molecule has 1 N–H and O–H groups in total. The monoisotopic (exact) mass is 345 g/mol. The number of carbonyl (C=O) groups is 2. The number of carbonyl (C=O) groups excluding carboxylic acids is 2. The van der Waals surface area contributed by atoms with E-state index in [1.54, 1.807) is 24.5 Å². The van der Waals surface area contributed by atoms with Crippen LogP contribution in [0.15, 0.2) is 24.5 Å². The number of aromatic nitrogens is 1. The van der Waals surface area contributed by atoms with E-state index in [4.69, 9.17) is 4.74 Å². The largest absolute Gasteiger partial charge is 0.376 e. The van der Waals surface area contributed by atoms with Gasteiger partial charge in [-0.25, -0.2) is 0 Å². The van der Waals surface area contributed by atoms with E-state index in [0.717, 1.165) is 13.0 Å². The minimum Gasteiger partial charge on any atom is -0.376 e. The molecule has 2 fully saturated rings. The highest BCUT2D eigenvalue weighted by Crippen LogP contribution is 2.33. The molecule has 6 nitrogen and oxygen atoms in total. The molecule has 0 aliphatic carbocycles. The van der Waals surface area contributed by atoms with Gasteiger partial charge in [-0.2, -0.15) is 0 Å². The number of ether oxygens (including phenoxy) is 1. The van der Waals surface area contributed by atoms with E-state index in [2.05, 4.69) is 24.1 Å². The Morgan fingerprint density at radius 3 is 2.96 bits per heavy atom. The number of amides is 2. The summed E-state index contributed by atoms with van der Waals surface area (Å²) in [5.74, 6) is 1.23. The molecule has 1 aromatic heterocycles. The maximum Gasteiger partial charge on any atom is 0.252 e. The quantitative estimate of drug-likeness (QED) is 0.852. The molecule has 3 rings (SSSR count). The normalized spacial score (nSPS) is 25.2. The fraction of sp³-hybridized carbons (Fsp3) is 0.632. The van der Waals surface area contributed by atoms with Crippen LogP contribution in [0.5, 0.6) is 0 Å². The summed E-state index contributed by atoms with van der Waals surface area (Å²) in [6.07, 6.45) is 4.86. The van der Waals surface area contributed by atoms with Gasteiger partial charge in [0, 0.05) is 50.3 Å². The summed E-state index contributed by atoms with van der Waals surface area (Å²) in [7, 11) is 0. The minimum atomic E-state index is -0.112. The van der Waals surface area contributed by atoms with Crippen molar-refractivity contribution in [3.63, 3.8) is 0 Å². The highest BCUT2D eigenvalue weighted by atomic mass is 16.5. The molecule has 2 saturated heterocycles. The van der Waals surface area contributed by atoms with Crippen molar-refractivity contribution in [2.24, 2.45) is 17.8 Å². The maximum absolute atomic E-state index is 12.3. The number of fused-ring (bicyclic) bond motifs is 1. The first kappa shape index (κ1) is 17.9. The fourth-order valence-corrected chi connectivity index (χ4v) is 3.61. The number of nitrogens with zero attached hydrogens (tertiary/aromatic N) is 2. The average Bonchev–Trinajstić information content (AvgIpc) is 3.19. The Morgan fingerprint density at radius 1 is 1.40 bits per heavy atom. The van der Waals surface area contributed by atoms with E-state index in [9.17, 15) is 9.59 Å². The van der Waals surface area contributed by atoms with Crippen molar-refractivity contribution >= 4 is 11.8 Å². The number of nitrogens with one attached hydrogen (secondary N) is 1. The Kier molecular flexibility index (Phi) is 5.68. The van der Waals surface area contributed by atoms with Crippen LogP contribution in [0.4, 0.5) is 0 Å². The molecule has 0 spiro atoms. The highest BCUT2D eigenvalue weighted by molar-refractivity contribution is 5.93.